The lowest BCUT2D eigenvalue weighted by Crippen LogP contribution is -2.60. The van der Waals surface area contributed by atoms with E-state index in [9.17, 15) is 30.3 Å². The van der Waals surface area contributed by atoms with Crippen molar-refractivity contribution in [3.63, 3.8) is 0 Å². The van der Waals surface area contributed by atoms with Crippen molar-refractivity contribution >= 4 is 5.97 Å². The summed E-state index contributed by atoms with van der Waals surface area (Å²) in [6.07, 6.45) is -6.26. The molecule has 0 amide bonds. The van der Waals surface area contributed by atoms with E-state index in [1.165, 1.54) is 36.4 Å². The summed E-state index contributed by atoms with van der Waals surface area (Å²) in [6, 6.07) is 11.8. The lowest BCUT2D eigenvalue weighted by atomic mass is 9.99. The van der Waals surface area contributed by atoms with Crippen molar-refractivity contribution in [3.05, 3.63) is 59.7 Å². The number of phenols is 2. The highest BCUT2D eigenvalue weighted by Crippen LogP contribution is 2.26. The van der Waals surface area contributed by atoms with Crippen molar-refractivity contribution in [1.82, 2.24) is 0 Å². The van der Waals surface area contributed by atoms with Crippen LogP contribution in [0.3, 0.4) is 0 Å². The van der Waals surface area contributed by atoms with Crippen LogP contribution in [0.25, 0.3) is 0 Å². The summed E-state index contributed by atoms with van der Waals surface area (Å²) in [5.41, 5.74) is 1.00. The van der Waals surface area contributed by atoms with Crippen LogP contribution in [0.2, 0.25) is 0 Å². The third-order valence-corrected chi connectivity index (χ3v) is 4.78. The molecule has 1 saturated heterocycles. The van der Waals surface area contributed by atoms with Gasteiger partial charge in [0.2, 0.25) is 0 Å². The summed E-state index contributed by atoms with van der Waals surface area (Å²) < 4.78 is 16.5. The zero-order valence-electron chi connectivity index (χ0n) is 16.0. The number of aromatic hydroxyl groups is 2. The predicted molar refractivity (Wildman–Crippen MR) is 103 cm³/mol. The molecule has 5 N–H and O–H groups in total. The topological polar surface area (TPSA) is 146 Å². The summed E-state index contributed by atoms with van der Waals surface area (Å²) in [5.74, 6) is -0.687. The van der Waals surface area contributed by atoms with Crippen molar-refractivity contribution in [3.8, 4) is 11.5 Å². The number of rotatable bonds is 7. The van der Waals surface area contributed by atoms with E-state index in [-0.39, 0.29) is 23.7 Å². The van der Waals surface area contributed by atoms with Crippen molar-refractivity contribution in [2.75, 3.05) is 13.2 Å². The highest BCUT2D eigenvalue weighted by Gasteiger charge is 2.47. The van der Waals surface area contributed by atoms with Crippen LogP contribution < -0.4 is 0 Å². The smallest absolute Gasteiger partial charge is 0.338 e. The lowest BCUT2D eigenvalue weighted by molar-refractivity contribution is -0.299. The minimum absolute atomic E-state index is 0.0239. The van der Waals surface area contributed by atoms with Gasteiger partial charge in [0, 0.05) is 0 Å². The number of esters is 1. The van der Waals surface area contributed by atoms with E-state index in [0.717, 1.165) is 5.56 Å². The predicted octanol–water partition coefficient (Wildman–Crippen LogP) is 0.321. The van der Waals surface area contributed by atoms with E-state index >= 15 is 0 Å². The van der Waals surface area contributed by atoms with Crippen LogP contribution in [0.5, 0.6) is 11.5 Å². The van der Waals surface area contributed by atoms with Gasteiger partial charge in [-0.15, -0.1) is 0 Å². The maximum Gasteiger partial charge on any atom is 0.338 e. The molecular formula is C21H24O9. The van der Waals surface area contributed by atoms with E-state index in [4.69, 9.17) is 14.2 Å². The first kappa shape index (κ1) is 22.0. The number of ether oxygens (including phenoxy) is 3. The Hall–Kier alpha value is -2.69. The van der Waals surface area contributed by atoms with Gasteiger partial charge >= 0.3 is 5.97 Å². The molecule has 1 aliphatic heterocycles. The first-order chi connectivity index (χ1) is 14.4. The van der Waals surface area contributed by atoms with Crippen LogP contribution in [0.1, 0.15) is 15.9 Å². The first-order valence-corrected chi connectivity index (χ1v) is 9.41. The van der Waals surface area contributed by atoms with Crippen molar-refractivity contribution < 1.29 is 44.5 Å². The van der Waals surface area contributed by atoms with Crippen LogP contribution in [0, 0.1) is 0 Å². The van der Waals surface area contributed by atoms with Gasteiger partial charge in [0.15, 0.2) is 12.4 Å². The fourth-order valence-electron chi connectivity index (χ4n) is 3.06. The van der Waals surface area contributed by atoms with Gasteiger partial charge in [0.1, 0.15) is 29.8 Å². The molecule has 3 rings (SSSR count). The summed E-state index contributed by atoms with van der Waals surface area (Å²) in [6.45, 7) is -0.432. The van der Waals surface area contributed by atoms with Gasteiger partial charge in [0.05, 0.1) is 18.8 Å². The normalized spacial score (nSPS) is 26.3. The molecule has 0 saturated carbocycles. The Morgan fingerprint density at radius 2 is 1.53 bits per heavy atom. The number of hydrogen-bond donors (Lipinski definition) is 5. The standard InChI is InChI=1S/C21H24O9/c22-11-16-17(25)18(26)19(30-20(27)13-3-7-15(24)8-4-13)21(29-16)28-10-9-12-1-5-14(23)6-2-12/h1-8,16-19,21-26H,9-11H2/t16-,17-,18+,19-,21+/m1/s1. The Balaban J connectivity index is 1.68. The number of aliphatic hydroxyl groups is 3. The number of carbonyl (C=O) groups is 1. The Morgan fingerprint density at radius 1 is 0.933 bits per heavy atom. The number of hydrogen-bond acceptors (Lipinski definition) is 9. The van der Waals surface area contributed by atoms with Gasteiger partial charge in [-0.05, 0) is 48.4 Å². The Morgan fingerprint density at radius 3 is 2.13 bits per heavy atom. The maximum absolute atomic E-state index is 12.4. The molecule has 30 heavy (non-hydrogen) atoms. The molecule has 2 aromatic rings. The zero-order chi connectivity index (χ0) is 21.7. The molecule has 0 unspecified atom stereocenters. The molecular weight excluding hydrogens is 396 g/mol. The molecule has 1 fully saturated rings. The van der Waals surface area contributed by atoms with Crippen LogP contribution in [-0.2, 0) is 20.6 Å². The fourth-order valence-corrected chi connectivity index (χ4v) is 3.06. The van der Waals surface area contributed by atoms with Crippen LogP contribution >= 0.6 is 0 Å². The number of phenolic OH excluding ortho intramolecular Hbond substituents is 2. The number of aliphatic hydroxyl groups excluding tert-OH is 3. The van der Waals surface area contributed by atoms with Gasteiger partial charge in [-0.2, -0.15) is 0 Å². The highest BCUT2D eigenvalue weighted by atomic mass is 16.7. The SMILES string of the molecule is O=C(O[C@H]1[C@@H](OCCc2ccc(O)cc2)O[C@H](CO)[C@@H](O)[C@@H]1O)c1ccc(O)cc1. The minimum atomic E-state index is -1.55. The molecule has 0 radical (unpaired) electrons. The van der Waals surface area contributed by atoms with Crippen LogP contribution in [0.15, 0.2) is 48.5 Å². The summed E-state index contributed by atoms with van der Waals surface area (Å²) in [5, 5.41) is 48.6. The average Bonchev–Trinajstić information content (AvgIpc) is 2.74. The number of carbonyl (C=O) groups excluding carboxylic acids is 1. The van der Waals surface area contributed by atoms with Crippen LogP contribution in [-0.4, -0.2) is 75.4 Å². The van der Waals surface area contributed by atoms with E-state index in [1.807, 2.05) is 0 Å². The van der Waals surface area contributed by atoms with Gasteiger partial charge < -0.3 is 39.7 Å². The van der Waals surface area contributed by atoms with Crippen molar-refractivity contribution in [1.29, 1.82) is 0 Å². The molecule has 0 spiro atoms. The minimum Gasteiger partial charge on any atom is -0.508 e. The zero-order valence-corrected chi connectivity index (χ0v) is 16.0. The molecule has 162 valence electrons. The average molecular weight is 420 g/mol. The molecule has 9 heteroatoms. The van der Waals surface area contributed by atoms with Crippen molar-refractivity contribution in [2.45, 2.75) is 37.1 Å². The van der Waals surface area contributed by atoms with Gasteiger partial charge in [0.25, 0.3) is 0 Å². The molecule has 2 aromatic carbocycles. The molecule has 5 atom stereocenters. The second-order valence-corrected chi connectivity index (χ2v) is 6.91. The summed E-state index contributed by atoms with van der Waals surface area (Å²) in [7, 11) is 0. The van der Waals surface area contributed by atoms with E-state index < -0.39 is 43.3 Å². The molecule has 9 nitrogen and oxygen atoms in total. The van der Waals surface area contributed by atoms with Crippen molar-refractivity contribution in [2.24, 2.45) is 0 Å². The third-order valence-electron chi connectivity index (χ3n) is 4.78. The van der Waals surface area contributed by atoms with E-state index in [0.29, 0.717) is 6.42 Å². The largest absolute Gasteiger partial charge is 0.508 e. The third kappa shape index (κ3) is 5.26. The second-order valence-electron chi connectivity index (χ2n) is 6.91. The van der Waals surface area contributed by atoms with E-state index in [2.05, 4.69) is 0 Å². The van der Waals surface area contributed by atoms with Gasteiger partial charge in [-0.3, -0.25) is 0 Å². The molecule has 0 aromatic heterocycles. The van der Waals surface area contributed by atoms with Gasteiger partial charge in [-0.25, -0.2) is 4.79 Å². The molecule has 1 aliphatic rings. The monoisotopic (exact) mass is 420 g/mol. The molecule has 0 aliphatic carbocycles. The second kappa shape index (κ2) is 9.88. The number of benzene rings is 2. The summed E-state index contributed by atoms with van der Waals surface area (Å²) in [4.78, 5) is 12.4. The Kier molecular flexibility index (Phi) is 7.24. The quantitative estimate of drug-likeness (QED) is 0.400. The maximum atomic E-state index is 12.4. The van der Waals surface area contributed by atoms with E-state index in [1.54, 1.807) is 12.1 Å². The van der Waals surface area contributed by atoms with Crippen LogP contribution in [0.4, 0.5) is 0 Å². The Bertz CT molecular complexity index is 821. The lowest BCUT2D eigenvalue weighted by Gasteiger charge is -2.41. The fraction of sp³-hybridized carbons (Fsp3) is 0.381. The summed E-state index contributed by atoms with van der Waals surface area (Å²) >= 11 is 0. The van der Waals surface area contributed by atoms with Gasteiger partial charge in [-0.1, -0.05) is 12.1 Å². The highest BCUT2D eigenvalue weighted by molar-refractivity contribution is 5.89. The molecule has 0 bridgehead atoms. The first-order valence-electron chi connectivity index (χ1n) is 9.41. The Labute approximate surface area is 172 Å². The molecule has 1 heterocycles.